The van der Waals surface area contributed by atoms with Gasteiger partial charge in [0.05, 0.1) is 18.5 Å². The zero-order valence-corrected chi connectivity index (χ0v) is 12.0. The van der Waals surface area contributed by atoms with Crippen molar-refractivity contribution in [2.75, 3.05) is 18.5 Å². The summed E-state index contributed by atoms with van der Waals surface area (Å²) in [6.45, 7) is -0.208. The van der Waals surface area contributed by atoms with Gasteiger partial charge in [-0.05, 0) is 28.8 Å². The van der Waals surface area contributed by atoms with Gasteiger partial charge in [0.1, 0.15) is 11.0 Å². The summed E-state index contributed by atoms with van der Waals surface area (Å²) in [5.74, 6) is 0. The van der Waals surface area contributed by atoms with E-state index in [-0.39, 0.29) is 10.5 Å². The van der Waals surface area contributed by atoms with E-state index in [2.05, 4.69) is 26.3 Å². The second kappa shape index (κ2) is 6.13. The summed E-state index contributed by atoms with van der Waals surface area (Å²) >= 11 is 3.02. The Kier molecular flexibility index (Phi) is 4.69. The SMILES string of the molecule is O=c1c(Br)c(NC2CCCOC2)cnn1CC(F)(F)F. The quantitative estimate of drug-likeness (QED) is 0.902. The number of ether oxygens (including phenoxy) is 1. The number of nitrogens with zero attached hydrogens (tertiary/aromatic N) is 2. The van der Waals surface area contributed by atoms with Crippen molar-refractivity contribution in [2.24, 2.45) is 0 Å². The summed E-state index contributed by atoms with van der Waals surface area (Å²) in [6.07, 6.45) is -1.50. The largest absolute Gasteiger partial charge is 0.408 e. The van der Waals surface area contributed by atoms with Gasteiger partial charge in [-0.3, -0.25) is 4.79 Å². The van der Waals surface area contributed by atoms with Crippen LogP contribution in [0.4, 0.5) is 18.9 Å². The van der Waals surface area contributed by atoms with Crippen molar-refractivity contribution < 1.29 is 17.9 Å². The highest BCUT2D eigenvalue weighted by atomic mass is 79.9. The number of hydrogen-bond acceptors (Lipinski definition) is 4. The van der Waals surface area contributed by atoms with E-state index in [0.29, 0.717) is 23.6 Å². The molecule has 5 nitrogen and oxygen atoms in total. The number of aromatic nitrogens is 2. The van der Waals surface area contributed by atoms with Crippen molar-refractivity contribution in [2.45, 2.75) is 31.6 Å². The third-order valence-electron chi connectivity index (χ3n) is 2.83. The number of hydrogen-bond donors (Lipinski definition) is 1. The van der Waals surface area contributed by atoms with Gasteiger partial charge in [-0.25, -0.2) is 4.68 Å². The molecule has 0 radical (unpaired) electrons. The number of anilines is 1. The fourth-order valence-corrected chi connectivity index (χ4v) is 2.34. The first-order valence-electron chi connectivity index (χ1n) is 6.03. The maximum absolute atomic E-state index is 12.3. The maximum Gasteiger partial charge on any atom is 0.408 e. The minimum atomic E-state index is -4.48. The monoisotopic (exact) mass is 355 g/mol. The zero-order chi connectivity index (χ0) is 14.8. The van der Waals surface area contributed by atoms with Crippen LogP contribution in [0.2, 0.25) is 0 Å². The van der Waals surface area contributed by atoms with Crippen molar-refractivity contribution in [1.82, 2.24) is 9.78 Å². The van der Waals surface area contributed by atoms with E-state index in [4.69, 9.17) is 4.74 Å². The highest BCUT2D eigenvalue weighted by Gasteiger charge is 2.29. The van der Waals surface area contributed by atoms with E-state index < -0.39 is 18.3 Å². The molecule has 0 spiro atoms. The molecule has 1 aliphatic rings. The van der Waals surface area contributed by atoms with Crippen LogP contribution in [0.15, 0.2) is 15.5 Å². The minimum absolute atomic E-state index is 0.0275. The smallest absolute Gasteiger partial charge is 0.379 e. The molecule has 0 bridgehead atoms. The van der Waals surface area contributed by atoms with Gasteiger partial charge in [0.25, 0.3) is 5.56 Å². The number of alkyl halides is 3. The normalized spacial score (nSPS) is 19.9. The lowest BCUT2D eigenvalue weighted by Crippen LogP contribution is -2.33. The lowest BCUT2D eigenvalue weighted by Gasteiger charge is -2.24. The Morgan fingerprint density at radius 1 is 1.55 bits per heavy atom. The molecule has 0 amide bonds. The molecule has 1 atom stereocenters. The van der Waals surface area contributed by atoms with Crippen molar-refractivity contribution >= 4 is 21.6 Å². The van der Waals surface area contributed by atoms with Gasteiger partial charge in [0.15, 0.2) is 0 Å². The van der Waals surface area contributed by atoms with Gasteiger partial charge in [0, 0.05) is 12.6 Å². The highest BCUT2D eigenvalue weighted by Crippen LogP contribution is 2.21. The van der Waals surface area contributed by atoms with Crippen LogP contribution >= 0.6 is 15.9 Å². The van der Waals surface area contributed by atoms with Gasteiger partial charge >= 0.3 is 6.18 Å². The van der Waals surface area contributed by atoms with Gasteiger partial charge < -0.3 is 10.1 Å². The van der Waals surface area contributed by atoms with Crippen LogP contribution in [0.1, 0.15) is 12.8 Å². The Morgan fingerprint density at radius 2 is 2.30 bits per heavy atom. The van der Waals surface area contributed by atoms with Crippen molar-refractivity contribution in [1.29, 1.82) is 0 Å². The summed E-state index contributed by atoms with van der Waals surface area (Å²) in [4.78, 5) is 11.8. The summed E-state index contributed by atoms with van der Waals surface area (Å²) in [5, 5.41) is 6.59. The lowest BCUT2D eigenvalue weighted by atomic mass is 10.1. The molecule has 1 unspecified atom stereocenters. The van der Waals surface area contributed by atoms with Crippen LogP contribution in [0.25, 0.3) is 0 Å². The standard InChI is InChI=1S/C11H13BrF3N3O2/c12-9-8(17-7-2-1-3-20-5-7)4-16-18(10(9)19)6-11(13,14)15/h4,7,17H,1-3,5-6H2. The Hall–Kier alpha value is -1.09. The minimum Gasteiger partial charge on any atom is -0.379 e. The van der Waals surface area contributed by atoms with Crippen LogP contribution in [-0.4, -0.2) is 35.2 Å². The predicted octanol–water partition coefficient (Wildman–Crippen LogP) is 2.16. The highest BCUT2D eigenvalue weighted by molar-refractivity contribution is 9.10. The summed E-state index contributed by atoms with van der Waals surface area (Å²) in [7, 11) is 0. The molecule has 1 aromatic rings. The molecular weight excluding hydrogens is 343 g/mol. The molecule has 2 rings (SSSR count). The van der Waals surface area contributed by atoms with Gasteiger partial charge in [-0.1, -0.05) is 0 Å². The molecule has 1 saturated heterocycles. The van der Waals surface area contributed by atoms with Crippen LogP contribution < -0.4 is 10.9 Å². The fraction of sp³-hybridized carbons (Fsp3) is 0.636. The second-order valence-electron chi connectivity index (χ2n) is 4.51. The summed E-state index contributed by atoms with van der Waals surface area (Å²) in [6, 6.07) is 0.0275. The Bertz CT molecular complexity index is 527. The fourth-order valence-electron chi connectivity index (χ4n) is 1.92. The van der Waals surface area contributed by atoms with E-state index in [9.17, 15) is 18.0 Å². The van der Waals surface area contributed by atoms with E-state index in [1.54, 1.807) is 0 Å². The van der Waals surface area contributed by atoms with Gasteiger partial charge in [-0.15, -0.1) is 0 Å². The molecule has 0 saturated carbocycles. The number of halogens is 4. The molecule has 112 valence electrons. The average molecular weight is 356 g/mol. The molecule has 2 heterocycles. The van der Waals surface area contributed by atoms with E-state index in [1.807, 2.05) is 0 Å². The van der Waals surface area contributed by atoms with Gasteiger partial charge in [-0.2, -0.15) is 18.3 Å². The number of nitrogens with one attached hydrogen (secondary N) is 1. The van der Waals surface area contributed by atoms with Crippen LogP contribution in [0, 0.1) is 0 Å². The van der Waals surface area contributed by atoms with Gasteiger partial charge in [0.2, 0.25) is 0 Å². The van der Waals surface area contributed by atoms with Crippen LogP contribution in [-0.2, 0) is 11.3 Å². The first kappa shape index (κ1) is 15.3. The van der Waals surface area contributed by atoms with Crippen molar-refractivity contribution in [3.63, 3.8) is 0 Å². The zero-order valence-electron chi connectivity index (χ0n) is 10.4. The topological polar surface area (TPSA) is 56.1 Å². The van der Waals surface area contributed by atoms with Crippen molar-refractivity contribution in [3.8, 4) is 0 Å². The Morgan fingerprint density at radius 3 is 2.90 bits per heavy atom. The molecule has 20 heavy (non-hydrogen) atoms. The summed E-state index contributed by atoms with van der Waals surface area (Å²) in [5.41, 5.74) is -0.437. The maximum atomic E-state index is 12.3. The Labute approximate surface area is 121 Å². The molecule has 1 N–H and O–H groups in total. The lowest BCUT2D eigenvalue weighted by molar-refractivity contribution is -0.143. The van der Waals surface area contributed by atoms with E-state index in [1.165, 1.54) is 6.20 Å². The van der Waals surface area contributed by atoms with E-state index >= 15 is 0 Å². The average Bonchev–Trinajstić information content (AvgIpc) is 2.38. The second-order valence-corrected chi connectivity index (χ2v) is 5.30. The number of rotatable bonds is 3. The third-order valence-corrected chi connectivity index (χ3v) is 3.60. The first-order valence-corrected chi connectivity index (χ1v) is 6.83. The van der Waals surface area contributed by atoms with Crippen LogP contribution in [0.3, 0.4) is 0 Å². The summed E-state index contributed by atoms with van der Waals surface area (Å²) < 4.78 is 42.5. The molecule has 1 aromatic heterocycles. The first-order chi connectivity index (χ1) is 9.37. The van der Waals surface area contributed by atoms with Crippen molar-refractivity contribution in [3.05, 3.63) is 21.0 Å². The molecule has 1 fully saturated rings. The predicted molar refractivity (Wildman–Crippen MR) is 69.7 cm³/mol. The van der Waals surface area contributed by atoms with Crippen LogP contribution in [0.5, 0.6) is 0 Å². The molecular formula is C11H13BrF3N3O2. The molecule has 0 aliphatic carbocycles. The third kappa shape index (κ3) is 3.95. The molecule has 0 aromatic carbocycles. The molecule has 1 aliphatic heterocycles. The van der Waals surface area contributed by atoms with E-state index in [0.717, 1.165) is 12.8 Å². The molecule has 9 heteroatoms. The Balaban J connectivity index is 2.15.